The quantitative estimate of drug-likeness (QED) is 0.604. The lowest BCUT2D eigenvalue weighted by Crippen LogP contribution is -2.37. The molecule has 2 unspecified atom stereocenters. The maximum atomic E-state index is 5.59. The van der Waals surface area contributed by atoms with Crippen LogP contribution in [-0.4, -0.2) is 6.10 Å². The Bertz CT molecular complexity index is 172. The molecule has 76 valence electrons. The molecule has 0 aliphatic heterocycles. The Balaban J connectivity index is 2.57. The summed E-state index contributed by atoms with van der Waals surface area (Å²) < 4.78 is 5.59. The van der Waals surface area contributed by atoms with E-state index in [9.17, 15) is 0 Å². The number of ether oxygens (including phenoxy) is 1. The van der Waals surface area contributed by atoms with Crippen molar-refractivity contribution >= 4 is 0 Å². The lowest BCUT2D eigenvalue weighted by Gasteiger charge is -2.41. The van der Waals surface area contributed by atoms with Crippen LogP contribution in [0.4, 0.5) is 0 Å². The number of hydrogen-bond donors (Lipinski definition) is 0. The van der Waals surface area contributed by atoms with E-state index in [1.807, 2.05) is 0 Å². The molecule has 0 aromatic heterocycles. The average Bonchev–Trinajstić information content (AvgIpc) is 2.09. The molecular formula is C12H22O. The standard InChI is InChI=1S/C12H22O/c1-5-10-7-8-12(3,4)11(9-10)13-6-2/h6,10-11H,2,5,7-9H2,1,3-4H3. The summed E-state index contributed by atoms with van der Waals surface area (Å²) in [6, 6.07) is 0. The second kappa shape index (κ2) is 4.17. The van der Waals surface area contributed by atoms with Gasteiger partial charge in [0.25, 0.3) is 0 Å². The predicted molar refractivity (Wildman–Crippen MR) is 56.5 cm³/mol. The van der Waals surface area contributed by atoms with E-state index in [4.69, 9.17) is 4.74 Å². The normalized spacial score (nSPS) is 32.5. The largest absolute Gasteiger partial charge is 0.498 e. The lowest BCUT2D eigenvalue weighted by atomic mass is 9.70. The van der Waals surface area contributed by atoms with E-state index in [0.29, 0.717) is 11.5 Å². The molecule has 13 heavy (non-hydrogen) atoms. The molecule has 1 nitrogen and oxygen atoms in total. The third-order valence-electron chi connectivity index (χ3n) is 3.45. The Morgan fingerprint density at radius 2 is 2.23 bits per heavy atom. The van der Waals surface area contributed by atoms with Crippen LogP contribution in [0.5, 0.6) is 0 Å². The minimum absolute atomic E-state index is 0.333. The van der Waals surface area contributed by atoms with Gasteiger partial charge in [-0.1, -0.05) is 33.8 Å². The lowest BCUT2D eigenvalue weighted by molar-refractivity contribution is -0.0191. The Morgan fingerprint density at radius 1 is 1.54 bits per heavy atom. The third-order valence-corrected chi connectivity index (χ3v) is 3.45. The van der Waals surface area contributed by atoms with Gasteiger partial charge < -0.3 is 4.74 Å². The van der Waals surface area contributed by atoms with E-state index in [0.717, 1.165) is 5.92 Å². The number of rotatable bonds is 3. The van der Waals surface area contributed by atoms with Crippen molar-refractivity contribution < 1.29 is 4.74 Å². The highest BCUT2D eigenvalue weighted by Crippen LogP contribution is 2.41. The van der Waals surface area contributed by atoms with E-state index in [-0.39, 0.29) is 0 Å². The molecule has 1 fully saturated rings. The van der Waals surface area contributed by atoms with Gasteiger partial charge in [0.05, 0.1) is 6.26 Å². The molecule has 0 N–H and O–H groups in total. The molecule has 0 amide bonds. The molecule has 0 aromatic rings. The molecule has 0 bridgehead atoms. The van der Waals surface area contributed by atoms with Gasteiger partial charge in [-0.2, -0.15) is 0 Å². The summed E-state index contributed by atoms with van der Waals surface area (Å²) in [5.74, 6) is 0.859. The van der Waals surface area contributed by atoms with Crippen LogP contribution in [-0.2, 0) is 4.74 Å². The van der Waals surface area contributed by atoms with Crippen molar-refractivity contribution in [3.8, 4) is 0 Å². The Labute approximate surface area is 82.2 Å². The summed E-state index contributed by atoms with van der Waals surface area (Å²) in [7, 11) is 0. The first kappa shape index (κ1) is 10.6. The van der Waals surface area contributed by atoms with Gasteiger partial charge in [0, 0.05) is 5.41 Å². The molecular weight excluding hydrogens is 160 g/mol. The van der Waals surface area contributed by atoms with Crippen LogP contribution in [0, 0.1) is 11.3 Å². The van der Waals surface area contributed by atoms with Crippen molar-refractivity contribution in [1.82, 2.24) is 0 Å². The summed E-state index contributed by atoms with van der Waals surface area (Å²) in [5.41, 5.74) is 0.333. The van der Waals surface area contributed by atoms with Crippen molar-refractivity contribution in [3.63, 3.8) is 0 Å². The summed E-state index contributed by atoms with van der Waals surface area (Å²) in [6.45, 7) is 10.5. The zero-order valence-electron chi connectivity index (χ0n) is 9.18. The zero-order valence-corrected chi connectivity index (χ0v) is 9.18. The molecule has 0 radical (unpaired) electrons. The zero-order chi connectivity index (χ0) is 9.90. The molecule has 1 aliphatic rings. The molecule has 0 heterocycles. The van der Waals surface area contributed by atoms with E-state index in [2.05, 4.69) is 27.4 Å². The predicted octanol–water partition coefficient (Wildman–Crippen LogP) is 3.75. The minimum atomic E-state index is 0.333. The van der Waals surface area contributed by atoms with Gasteiger partial charge in [-0.15, -0.1) is 0 Å². The van der Waals surface area contributed by atoms with Crippen LogP contribution in [0.1, 0.15) is 46.5 Å². The first-order chi connectivity index (χ1) is 6.10. The van der Waals surface area contributed by atoms with Gasteiger partial charge in [0.15, 0.2) is 0 Å². The molecule has 2 atom stereocenters. The third kappa shape index (κ3) is 2.49. The topological polar surface area (TPSA) is 9.23 Å². The Morgan fingerprint density at radius 3 is 2.77 bits per heavy atom. The van der Waals surface area contributed by atoms with Crippen LogP contribution in [0.2, 0.25) is 0 Å². The van der Waals surface area contributed by atoms with E-state index < -0.39 is 0 Å². The maximum absolute atomic E-state index is 5.59. The summed E-state index contributed by atoms with van der Waals surface area (Å²) >= 11 is 0. The van der Waals surface area contributed by atoms with Crippen LogP contribution in [0.25, 0.3) is 0 Å². The fourth-order valence-corrected chi connectivity index (χ4v) is 2.20. The first-order valence-corrected chi connectivity index (χ1v) is 5.36. The first-order valence-electron chi connectivity index (χ1n) is 5.36. The van der Waals surface area contributed by atoms with Crippen LogP contribution in [0.15, 0.2) is 12.8 Å². The highest BCUT2D eigenvalue weighted by Gasteiger charge is 2.36. The van der Waals surface area contributed by atoms with Gasteiger partial charge in [-0.25, -0.2) is 0 Å². The number of hydrogen-bond acceptors (Lipinski definition) is 1. The molecule has 1 saturated carbocycles. The van der Waals surface area contributed by atoms with Crippen molar-refractivity contribution in [2.75, 3.05) is 0 Å². The monoisotopic (exact) mass is 182 g/mol. The van der Waals surface area contributed by atoms with Crippen molar-refractivity contribution in [3.05, 3.63) is 12.8 Å². The minimum Gasteiger partial charge on any atom is -0.498 e. The summed E-state index contributed by atoms with van der Waals surface area (Å²) in [6.07, 6.45) is 7.11. The fourth-order valence-electron chi connectivity index (χ4n) is 2.20. The second-order valence-corrected chi connectivity index (χ2v) is 4.83. The summed E-state index contributed by atoms with van der Waals surface area (Å²) in [5, 5.41) is 0. The highest BCUT2D eigenvalue weighted by atomic mass is 16.5. The van der Waals surface area contributed by atoms with Gasteiger partial charge in [-0.3, -0.25) is 0 Å². The van der Waals surface area contributed by atoms with Gasteiger partial charge >= 0.3 is 0 Å². The van der Waals surface area contributed by atoms with Crippen LogP contribution >= 0.6 is 0 Å². The smallest absolute Gasteiger partial charge is 0.103 e. The maximum Gasteiger partial charge on any atom is 0.103 e. The molecule has 0 saturated heterocycles. The summed E-state index contributed by atoms with van der Waals surface area (Å²) in [4.78, 5) is 0. The van der Waals surface area contributed by atoms with Crippen LogP contribution < -0.4 is 0 Å². The molecule has 1 rings (SSSR count). The molecule has 1 heteroatoms. The molecule has 0 spiro atoms. The fraction of sp³-hybridized carbons (Fsp3) is 0.833. The Kier molecular flexibility index (Phi) is 3.40. The van der Waals surface area contributed by atoms with Gasteiger partial charge in [0.1, 0.15) is 6.10 Å². The van der Waals surface area contributed by atoms with Crippen LogP contribution in [0.3, 0.4) is 0 Å². The van der Waals surface area contributed by atoms with Crippen molar-refractivity contribution in [2.24, 2.45) is 11.3 Å². The van der Waals surface area contributed by atoms with Gasteiger partial charge in [-0.05, 0) is 25.2 Å². The van der Waals surface area contributed by atoms with Crippen molar-refractivity contribution in [1.29, 1.82) is 0 Å². The Hall–Kier alpha value is -0.460. The average molecular weight is 182 g/mol. The SMILES string of the molecule is C=COC1CC(CC)CCC1(C)C. The van der Waals surface area contributed by atoms with Gasteiger partial charge in [0.2, 0.25) is 0 Å². The second-order valence-electron chi connectivity index (χ2n) is 4.83. The van der Waals surface area contributed by atoms with Crippen molar-refractivity contribution in [2.45, 2.75) is 52.6 Å². The highest BCUT2D eigenvalue weighted by molar-refractivity contribution is 4.87. The van der Waals surface area contributed by atoms with E-state index in [1.54, 1.807) is 6.26 Å². The molecule has 0 aromatic carbocycles. The molecule has 1 aliphatic carbocycles. The van der Waals surface area contributed by atoms with E-state index in [1.165, 1.54) is 25.7 Å². The van der Waals surface area contributed by atoms with E-state index >= 15 is 0 Å².